The van der Waals surface area contributed by atoms with Gasteiger partial charge in [-0.3, -0.25) is 0 Å². The number of hydrogen-bond donors (Lipinski definition) is 0. The normalized spacial score (nSPS) is 10.3. The third-order valence-electron chi connectivity index (χ3n) is 2.92. The molecule has 0 aromatic heterocycles. The maximum atomic E-state index is 5.68. The molecular formula is C16H18OSi. The van der Waals surface area contributed by atoms with Crippen molar-refractivity contribution in [3.05, 3.63) is 72.6 Å². The molecule has 2 aromatic carbocycles. The largest absolute Gasteiger partial charge is 0.503 e. The van der Waals surface area contributed by atoms with Gasteiger partial charge in [0.1, 0.15) is 0 Å². The van der Waals surface area contributed by atoms with Crippen molar-refractivity contribution in [2.75, 3.05) is 6.61 Å². The second-order valence-electron chi connectivity index (χ2n) is 4.15. The summed E-state index contributed by atoms with van der Waals surface area (Å²) < 4.78 is 5.68. The number of rotatable bonds is 5. The minimum Gasteiger partial charge on any atom is -0.503 e. The van der Waals surface area contributed by atoms with Crippen LogP contribution >= 0.6 is 0 Å². The molecule has 0 bridgehead atoms. The van der Waals surface area contributed by atoms with Gasteiger partial charge < -0.3 is 4.74 Å². The number of ether oxygens (including phenoxy) is 1. The summed E-state index contributed by atoms with van der Waals surface area (Å²) in [5.41, 5.74) is 0. The van der Waals surface area contributed by atoms with Gasteiger partial charge in [0.25, 0.3) is 0 Å². The standard InChI is InChI=1S/C16H18OSi/c1-3-17-14(2)18(15-10-6-4-7-11-15)16-12-8-5-9-13-16/h4-13,18H,2-3H2,1H3. The quantitative estimate of drug-likeness (QED) is 0.586. The zero-order chi connectivity index (χ0) is 12.8. The molecule has 0 saturated carbocycles. The minimum atomic E-state index is -1.48. The second-order valence-corrected chi connectivity index (χ2v) is 7.00. The molecule has 0 saturated heterocycles. The van der Waals surface area contributed by atoms with E-state index in [1.54, 1.807) is 0 Å². The van der Waals surface area contributed by atoms with E-state index in [0.29, 0.717) is 6.61 Å². The van der Waals surface area contributed by atoms with Crippen LogP contribution in [0.3, 0.4) is 0 Å². The summed E-state index contributed by atoms with van der Waals surface area (Å²) >= 11 is 0. The topological polar surface area (TPSA) is 9.23 Å². The van der Waals surface area contributed by atoms with Crippen LogP contribution in [0.2, 0.25) is 0 Å². The van der Waals surface area contributed by atoms with Crippen molar-refractivity contribution in [1.29, 1.82) is 0 Å². The molecule has 0 aliphatic heterocycles. The third-order valence-corrected chi connectivity index (χ3v) is 5.83. The van der Waals surface area contributed by atoms with Crippen molar-refractivity contribution in [1.82, 2.24) is 0 Å². The van der Waals surface area contributed by atoms with Gasteiger partial charge in [-0.15, -0.1) is 0 Å². The second kappa shape index (κ2) is 6.22. The van der Waals surface area contributed by atoms with Crippen LogP contribution in [-0.4, -0.2) is 15.4 Å². The highest BCUT2D eigenvalue weighted by molar-refractivity contribution is 6.90. The van der Waals surface area contributed by atoms with Gasteiger partial charge >= 0.3 is 0 Å². The van der Waals surface area contributed by atoms with Gasteiger partial charge in [-0.25, -0.2) is 0 Å². The average Bonchev–Trinajstić information content (AvgIpc) is 2.42. The molecule has 0 fully saturated rings. The van der Waals surface area contributed by atoms with Crippen LogP contribution in [0, 0.1) is 0 Å². The Morgan fingerprint density at radius 2 is 1.39 bits per heavy atom. The lowest BCUT2D eigenvalue weighted by molar-refractivity contribution is 0.254. The maximum absolute atomic E-state index is 5.68. The van der Waals surface area contributed by atoms with E-state index < -0.39 is 8.80 Å². The van der Waals surface area contributed by atoms with Crippen molar-refractivity contribution < 1.29 is 4.74 Å². The van der Waals surface area contributed by atoms with Gasteiger partial charge in [0.05, 0.1) is 12.0 Å². The molecule has 18 heavy (non-hydrogen) atoms. The fourth-order valence-corrected chi connectivity index (χ4v) is 4.80. The molecule has 0 atom stereocenters. The smallest absolute Gasteiger partial charge is 0.175 e. The van der Waals surface area contributed by atoms with Crippen LogP contribution in [0.15, 0.2) is 72.6 Å². The maximum Gasteiger partial charge on any atom is 0.175 e. The molecule has 1 nitrogen and oxygen atoms in total. The Balaban J connectivity index is 2.38. The third kappa shape index (κ3) is 2.90. The molecule has 92 valence electrons. The van der Waals surface area contributed by atoms with Crippen LogP contribution in [0.5, 0.6) is 0 Å². The molecule has 0 amide bonds. The van der Waals surface area contributed by atoms with Crippen molar-refractivity contribution in [2.24, 2.45) is 0 Å². The first-order valence-corrected chi connectivity index (χ1v) is 7.97. The van der Waals surface area contributed by atoms with E-state index in [1.165, 1.54) is 10.4 Å². The Kier molecular flexibility index (Phi) is 4.37. The fourth-order valence-electron chi connectivity index (χ4n) is 2.12. The summed E-state index contributed by atoms with van der Waals surface area (Å²) in [4.78, 5) is 0. The van der Waals surface area contributed by atoms with Gasteiger partial charge in [-0.2, -0.15) is 0 Å². The predicted molar refractivity (Wildman–Crippen MR) is 80.1 cm³/mol. The Bertz CT molecular complexity index is 454. The van der Waals surface area contributed by atoms with Crippen molar-refractivity contribution >= 4 is 19.2 Å². The lowest BCUT2D eigenvalue weighted by atomic mass is 10.4. The molecule has 2 aromatic rings. The van der Waals surface area contributed by atoms with E-state index in [2.05, 4.69) is 55.1 Å². The molecule has 0 spiro atoms. The fraction of sp³-hybridized carbons (Fsp3) is 0.125. The SMILES string of the molecule is C=C(OCC)[SiH](c1ccccc1)c1ccccc1. The van der Waals surface area contributed by atoms with E-state index in [1.807, 2.05) is 19.1 Å². The van der Waals surface area contributed by atoms with E-state index in [9.17, 15) is 0 Å². The summed E-state index contributed by atoms with van der Waals surface area (Å²) in [5.74, 6) is 0. The summed E-state index contributed by atoms with van der Waals surface area (Å²) in [6, 6.07) is 21.1. The van der Waals surface area contributed by atoms with Crippen LogP contribution in [-0.2, 0) is 4.74 Å². The highest BCUT2D eigenvalue weighted by Crippen LogP contribution is 2.03. The zero-order valence-corrected chi connectivity index (χ0v) is 11.8. The summed E-state index contributed by atoms with van der Waals surface area (Å²) in [6.45, 7) is 6.83. The molecule has 0 aliphatic rings. The Hall–Kier alpha value is -1.80. The summed E-state index contributed by atoms with van der Waals surface area (Å²) in [5, 5.41) is 3.64. The van der Waals surface area contributed by atoms with Gasteiger partial charge in [0.2, 0.25) is 0 Å². The lowest BCUT2D eigenvalue weighted by Crippen LogP contribution is -2.44. The lowest BCUT2D eigenvalue weighted by Gasteiger charge is -2.19. The molecule has 0 aliphatic carbocycles. The first-order chi connectivity index (χ1) is 8.83. The predicted octanol–water partition coefficient (Wildman–Crippen LogP) is 2.12. The van der Waals surface area contributed by atoms with Crippen molar-refractivity contribution in [2.45, 2.75) is 6.92 Å². The summed E-state index contributed by atoms with van der Waals surface area (Å²) in [6.07, 6.45) is 0. The van der Waals surface area contributed by atoms with Crippen LogP contribution in [0.1, 0.15) is 6.92 Å². The molecule has 0 heterocycles. The Labute approximate surface area is 110 Å². The average molecular weight is 254 g/mol. The highest BCUT2D eigenvalue weighted by atomic mass is 28.3. The summed E-state index contributed by atoms with van der Waals surface area (Å²) in [7, 11) is -1.48. The van der Waals surface area contributed by atoms with E-state index in [-0.39, 0.29) is 0 Å². The van der Waals surface area contributed by atoms with Gasteiger partial charge in [-0.1, -0.05) is 67.2 Å². The highest BCUT2D eigenvalue weighted by Gasteiger charge is 2.20. The van der Waals surface area contributed by atoms with E-state index >= 15 is 0 Å². The monoisotopic (exact) mass is 254 g/mol. The van der Waals surface area contributed by atoms with Crippen LogP contribution in [0.25, 0.3) is 0 Å². The zero-order valence-electron chi connectivity index (χ0n) is 10.7. The minimum absolute atomic E-state index is 0.683. The first-order valence-electron chi connectivity index (χ1n) is 6.24. The number of benzene rings is 2. The van der Waals surface area contributed by atoms with Gasteiger partial charge in [-0.05, 0) is 17.3 Å². The van der Waals surface area contributed by atoms with Crippen LogP contribution in [0.4, 0.5) is 0 Å². The van der Waals surface area contributed by atoms with Crippen LogP contribution < -0.4 is 10.4 Å². The van der Waals surface area contributed by atoms with Gasteiger partial charge in [0.15, 0.2) is 8.80 Å². The van der Waals surface area contributed by atoms with E-state index in [4.69, 9.17) is 4.74 Å². The molecule has 0 radical (unpaired) electrons. The molecule has 2 rings (SSSR count). The van der Waals surface area contributed by atoms with Crippen molar-refractivity contribution in [3.8, 4) is 0 Å². The number of hydrogen-bond acceptors (Lipinski definition) is 1. The molecule has 2 heteroatoms. The molecule has 0 unspecified atom stereocenters. The Morgan fingerprint density at radius 1 is 0.944 bits per heavy atom. The van der Waals surface area contributed by atoms with Gasteiger partial charge in [0, 0.05) is 0 Å². The molecular weight excluding hydrogens is 236 g/mol. The first kappa shape index (κ1) is 12.6. The van der Waals surface area contributed by atoms with E-state index in [0.717, 1.165) is 5.38 Å². The Morgan fingerprint density at radius 3 is 1.78 bits per heavy atom. The molecule has 0 N–H and O–H groups in total. The van der Waals surface area contributed by atoms with Crippen molar-refractivity contribution in [3.63, 3.8) is 0 Å².